The Morgan fingerprint density at radius 2 is 1.89 bits per heavy atom. The zero-order valence-electron chi connectivity index (χ0n) is 11.4. The summed E-state index contributed by atoms with van der Waals surface area (Å²) >= 11 is 0. The van der Waals surface area contributed by atoms with Crippen LogP contribution in [0, 0.1) is 32.1 Å². The summed E-state index contributed by atoms with van der Waals surface area (Å²) in [5.74, 6) is 0.908. The lowest BCUT2D eigenvalue weighted by molar-refractivity contribution is 0.941. The van der Waals surface area contributed by atoms with Crippen molar-refractivity contribution in [3.8, 4) is 6.07 Å². The van der Waals surface area contributed by atoms with Crippen LogP contribution in [0.1, 0.15) is 33.8 Å². The quantitative estimate of drug-likeness (QED) is 0.890. The van der Waals surface area contributed by atoms with Crippen LogP contribution in [0.2, 0.25) is 0 Å². The van der Waals surface area contributed by atoms with Gasteiger partial charge in [0.2, 0.25) is 0 Å². The van der Waals surface area contributed by atoms with Crippen molar-refractivity contribution < 1.29 is 0 Å². The summed E-state index contributed by atoms with van der Waals surface area (Å²) in [4.78, 5) is 8.53. The first kappa shape index (κ1) is 13.0. The molecule has 0 saturated carbocycles. The summed E-state index contributed by atoms with van der Waals surface area (Å²) in [7, 11) is 0. The lowest BCUT2D eigenvalue weighted by Gasteiger charge is -2.07. The highest BCUT2D eigenvalue weighted by atomic mass is 14.9. The van der Waals surface area contributed by atoms with Crippen LogP contribution in [0.4, 0.5) is 5.82 Å². The normalized spacial score (nSPS) is 10.2. The topological polar surface area (TPSA) is 75.6 Å². The zero-order chi connectivity index (χ0) is 14.0. The molecule has 0 unspecified atom stereocenters. The molecule has 0 aliphatic rings. The number of nitrogens with two attached hydrogens (primary N) is 1. The van der Waals surface area contributed by atoms with Gasteiger partial charge in [-0.25, -0.2) is 9.97 Å². The van der Waals surface area contributed by atoms with Crippen LogP contribution in [0.3, 0.4) is 0 Å². The zero-order valence-corrected chi connectivity index (χ0v) is 11.4. The molecule has 1 aromatic heterocycles. The van der Waals surface area contributed by atoms with Crippen molar-refractivity contribution in [1.29, 1.82) is 5.26 Å². The van der Waals surface area contributed by atoms with Gasteiger partial charge < -0.3 is 5.73 Å². The van der Waals surface area contributed by atoms with E-state index in [1.54, 1.807) is 6.92 Å². The minimum absolute atomic E-state index is 0.258. The molecule has 0 saturated heterocycles. The van der Waals surface area contributed by atoms with Gasteiger partial charge in [-0.3, -0.25) is 0 Å². The van der Waals surface area contributed by atoms with E-state index in [1.807, 2.05) is 6.07 Å². The van der Waals surface area contributed by atoms with Crippen molar-refractivity contribution in [1.82, 2.24) is 9.97 Å². The third-order valence-electron chi connectivity index (χ3n) is 3.21. The third kappa shape index (κ3) is 2.71. The predicted molar refractivity (Wildman–Crippen MR) is 74.6 cm³/mol. The number of aromatic nitrogens is 2. The lowest BCUT2D eigenvalue weighted by Crippen LogP contribution is -2.06. The molecule has 0 spiro atoms. The number of anilines is 1. The highest BCUT2D eigenvalue weighted by Crippen LogP contribution is 2.16. The first-order chi connectivity index (χ1) is 9.01. The maximum absolute atomic E-state index is 8.94. The molecule has 2 rings (SSSR count). The summed E-state index contributed by atoms with van der Waals surface area (Å²) in [6, 6.07) is 8.30. The van der Waals surface area contributed by atoms with E-state index in [0.717, 1.165) is 5.56 Å². The average Bonchev–Trinajstić information content (AvgIpc) is 2.33. The minimum Gasteiger partial charge on any atom is -0.382 e. The molecule has 96 valence electrons. The van der Waals surface area contributed by atoms with Crippen LogP contribution in [0.5, 0.6) is 0 Å². The van der Waals surface area contributed by atoms with Crippen LogP contribution in [-0.4, -0.2) is 9.97 Å². The van der Waals surface area contributed by atoms with Gasteiger partial charge in [0.05, 0.1) is 5.69 Å². The Bertz CT molecular complexity index is 645. The number of hydrogen-bond donors (Lipinski definition) is 1. The van der Waals surface area contributed by atoms with Crippen molar-refractivity contribution >= 4 is 5.82 Å². The maximum Gasteiger partial charge on any atom is 0.145 e. The summed E-state index contributed by atoms with van der Waals surface area (Å²) in [5, 5.41) is 8.94. The Labute approximate surface area is 112 Å². The fourth-order valence-electron chi connectivity index (χ4n) is 1.97. The molecule has 0 radical (unpaired) electrons. The van der Waals surface area contributed by atoms with E-state index >= 15 is 0 Å². The average molecular weight is 252 g/mol. The molecule has 2 N–H and O–H groups in total. The highest BCUT2D eigenvalue weighted by Gasteiger charge is 2.09. The second-order valence-electron chi connectivity index (χ2n) is 4.69. The second kappa shape index (κ2) is 5.07. The number of hydrogen-bond acceptors (Lipinski definition) is 4. The Kier molecular flexibility index (Phi) is 3.48. The Morgan fingerprint density at radius 3 is 2.47 bits per heavy atom. The first-order valence-electron chi connectivity index (χ1n) is 6.10. The highest BCUT2D eigenvalue weighted by molar-refractivity contribution is 5.50. The van der Waals surface area contributed by atoms with Gasteiger partial charge in [-0.2, -0.15) is 5.26 Å². The molecular weight excluding hydrogens is 236 g/mol. The van der Waals surface area contributed by atoms with Crippen molar-refractivity contribution in [2.75, 3.05) is 5.73 Å². The standard InChI is InChI=1S/C15H16N4/c1-9-4-5-12(6-10(9)2)7-14-18-11(3)13(8-16)15(17)19-14/h4-6H,7H2,1-3H3,(H2,17,18,19). The summed E-state index contributed by atoms with van der Waals surface area (Å²) in [5.41, 5.74) is 10.4. The van der Waals surface area contributed by atoms with Crippen molar-refractivity contribution in [2.45, 2.75) is 27.2 Å². The molecule has 19 heavy (non-hydrogen) atoms. The Hall–Kier alpha value is -2.41. The molecule has 0 atom stereocenters. The van der Waals surface area contributed by atoms with E-state index in [-0.39, 0.29) is 5.82 Å². The van der Waals surface area contributed by atoms with Crippen molar-refractivity contribution in [3.63, 3.8) is 0 Å². The molecule has 1 aromatic carbocycles. The van der Waals surface area contributed by atoms with Gasteiger partial charge in [0.25, 0.3) is 0 Å². The number of nitriles is 1. The SMILES string of the molecule is Cc1ccc(Cc2nc(C)c(C#N)c(N)n2)cc1C. The molecular formula is C15H16N4. The molecule has 2 aromatic rings. The van der Waals surface area contributed by atoms with Crippen molar-refractivity contribution in [3.05, 3.63) is 52.0 Å². The van der Waals surface area contributed by atoms with Gasteiger partial charge in [-0.15, -0.1) is 0 Å². The molecule has 0 aliphatic heterocycles. The van der Waals surface area contributed by atoms with Crippen LogP contribution >= 0.6 is 0 Å². The fourth-order valence-corrected chi connectivity index (χ4v) is 1.97. The maximum atomic E-state index is 8.94. The Morgan fingerprint density at radius 1 is 1.16 bits per heavy atom. The van der Waals surface area contributed by atoms with Crippen LogP contribution in [0.25, 0.3) is 0 Å². The number of rotatable bonds is 2. The number of nitrogen functional groups attached to an aromatic ring is 1. The third-order valence-corrected chi connectivity index (χ3v) is 3.21. The van der Waals surface area contributed by atoms with E-state index < -0.39 is 0 Å². The molecule has 1 heterocycles. The van der Waals surface area contributed by atoms with E-state index in [1.165, 1.54) is 11.1 Å². The van der Waals surface area contributed by atoms with E-state index in [0.29, 0.717) is 23.5 Å². The minimum atomic E-state index is 0.258. The number of aryl methyl sites for hydroxylation is 3. The lowest BCUT2D eigenvalue weighted by atomic mass is 10.0. The molecule has 0 fully saturated rings. The van der Waals surface area contributed by atoms with E-state index in [9.17, 15) is 0 Å². The first-order valence-corrected chi connectivity index (χ1v) is 6.10. The summed E-state index contributed by atoms with van der Waals surface area (Å²) < 4.78 is 0. The van der Waals surface area contributed by atoms with E-state index in [2.05, 4.69) is 42.0 Å². The second-order valence-corrected chi connectivity index (χ2v) is 4.69. The van der Waals surface area contributed by atoms with Crippen LogP contribution in [-0.2, 0) is 6.42 Å². The fraction of sp³-hybridized carbons (Fsp3) is 0.267. The molecule has 0 bridgehead atoms. The summed E-state index contributed by atoms with van der Waals surface area (Å²) in [6.07, 6.45) is 0.623. The monoisotopic (exact) mass is 252 g/mol. The van der Waals surface area contributed by atoms with Gasteiger partial charge in [-0.05, 0) is 37.5 Å². The van der Waals surface area contributed by atoms with Gasteiger partial charge in [0, 0.05) is 6.42 Å². The van der Waals surface area contributed by atoms with Gasteiger partial charge in [-0.1, -0.05) is 18.2 Å². The van der Waals surface area contributed by atoms with Gasteiger partial charge in [0.1, 0.15) is 23.3 Å². The largest absolute Gasteiger partial charge is 0.382 e. The molecule has 4 heteroatoms. The smallest absolute Gasteiger partial charge is 0.145 e. The summed E-state index contributed by atoms with van der Waals surface area (Å²) in [6.45, 7) is 5.94. The number of nitrogens with zero attached hydrogens (tertiary/aromatic N) is 3. The predicted octanol–water partition coefficient (Wildman–Crippen LogP) is 2.45. The molecule has 0 aliphatic carbocycles. The number of benzene rings is 1. The van der Waals surface area contributed by atoms with Crippen LogP contribution < -0.4 is 5.73 Å². The van der Waals surface area contributed by atoms with E-state index in [4.69, 9.17) is 11.0 Å². The molecule has 4 nitrogen and oxygen atoms in total. The van der Waals surface area contributed by atoms with Gasteiger partial charge >= 0.3 is 0 Å². The Balaban J connectivity index is 2.34. The van der Waals surface area contributed by atoms with Crippen molar-refractivity contribution in [2.24, 2.45) is 0 Å². The van der Waals surface area contributed by atoms with Crippen LogP contribution in [0.15, 0.2) is 18.2 Å². The molecule has 0 amide bonds. The van der Waals surface area contributed by atoms with Gasteiger partial charge in [0.15, 0.2) is 0 Å².